The maximum atomic E-state index is 14.5. The van der Waals surface area contributed by atoms with Gasteiger partial charge in [0.25, 0.3) is 5.91 Å². The molecule has 0 saturated carbocycles. The summed E-state index contributed by atoms with van der Waals surface area (Å²) in [6.45, 7) is 16.2. The third-order valence-corrected chi connectivity index (χ3v) is 9.08. The summed E-state index contributed by atoms with van der Waals surface area (Å²) in [5.41, 5.74) is 2.56. The van der Waals surface area contributed by atoms with Crippen LogP contribution in [0.25, 0.3) is 15.6 Å². The summed E-state index contributed by atoms with van der Waals surface area (Å²) in [6.07, 6.45) is 1.60. The molecule has 2 aromatic carbocycles. The molecule has 0 unspecified atom stereocenters. The normalized spacial score (nSPS) is 21.7. The van der Waals surface area contributed by atoms with Gasteiger partial charge in [0.2, 0.25) is 6.54 Å². The quantitative estimate of drug-likeness (QED) is 0.301. The number of piperazine rings is 1. The molecule has 12 heteroatoms. The third-order valence-electron chi connectivity index (χ3n) is 8.71. The van der Waals surface area contributed by atoms with Crippen LogP contribution < -0.4 is 19.9 Å². The van der Waals surface area contributed by atoms with E-state index >= 15 is 0 Å². The molecule has 0 aliphatic carbocycles. The molecule has 1 amide bonds. The SMILES string of the molecule is [C-]#[N+]C[C@H]1CN(c2nc(OC[C@@H]3C[C@@H](C)CN3)nc3c2CCN(c2cccc4ccc(F)c(Cl)c24)C3)CCN1C(=O)C(=C)F. The van der Waals surface area contributed by atoms with Crippen molar-refractivity contribution in [1.82, 2.24) is 20.2 Å². The van der Waals surface area contributed by atoms with E-state index in [1.807, 2.05) is 23.1 Å². The van der Waals surface area contributed by atoms with E-state index in [2.05, 4.69) is 28.6 Å². The van der Waals surface area contributed by atoms with Crippen LogP contribution in [0.3, 0.4) is 0 Å². The second kappa shape index (κ2) is 12.5. The smallest absolute Gasteiger partial charge is 0.318 e. The monoisotopic (exact) mass is 621 g/mol. The van der Waals surface area contributed by atoms with E-state index < -0.39 is 23.6 Å². The molecule has 1 N–H and O–H groups in total. The second-order valence-corrected chi connectivity index (χ2v) is 12.1. The van der Waals surface area contributed by atoms with Gasteiger partial charge in [0.15, 0.2) is 5.83 Å². The topological polar surface area (TPSA) is 78.2 Å². The van der Waals surface area contributed by atoms with Crippen molar-refractivity contribution in [2.24, 2.45) is 5.92 Å². The van der Waals surface area contributed by atoms with Crippen molar-refractivity contribution >= 4 is 39.8 Å². The van der Waals surface area contributed by atoms with E-state index in [0.29, 0.717) is 56.3 Å². The minimum atomic E-state index is -1.04. The Labute approximate surface area is 260 Å². The number of carbonyl (C=O) groups excluding carboxylic acids is 1. The van der Waals surface area contributed by atoms with Gasteiger partial charge < -0.3 is 29.6 Å². The molecule has 4 heterocycles. The van der Waals surface area contributed by atoms with Crippen LogP contribution in [0.2, 0.25) is 5.02 Å². The van der Waals surface area contributed by atoms with Crippen LogP contribution in [0, 0.1) is 18.3 Å². The zero-order chi connectivity index (χ0) is 31.0. The van der Waals surface area contributed by atoms with Crippen LogP contribution in [-0.4, -0.2) is 78.7 Å². The van der Waals surface area contributed by atoms with Gasteiger partial charge in [0.05, 0.1) is 17.3 Å². The molecule has 1 aromatic heterocycles. The molecule has 3 aliphatic heterocycles. The number of halogens is 3. The fraction of sp³-hybridized carbons (Fsp3) is 0.438. The van der Waals surface area contributed by atoms with Gasteiger partial charge in [-0.1, -0.05) is 43.3 Å². The van der Waals surface area contributed by atoms with E-state index in [9.17, 15) is 13.6 Å². The van der Waals surface area contributed by atoms with Crippen LogP contribution in [0.5, 0.6) is 6.01 Å². The summed E-state index contributed by atoms with van der Waals surface area (Å²) in [5, 5.41) is 5.06. The van der Waals surface area contributed by atoms with Crippen molar-refractivity contribution in [2.45, 2.75) is 38.4 Å². The van der Waals surface area contributed by atoms with Crippen molar-refractivity contribution in [3.05, 3.63) is 76.3 Å². The summed E-state index contributed by atoms with van der Waals surface area (Å²) in [5.74, 6) is -1.03. The first kappa shape index (κ1) is 30.0. The molecule has 3 aromatic rings. The van der Waals surface area contributed by atoms with Crippen molar-refractivity contribution in [2.75, 3.05) is 55.7 Å². The molecule has 2 fully saturated rings. The minimum absolute atomic E-state index is 0.0316. The number of anilines is 2. The van der Waals surface area contributed by atoms with Gasteiger partial charge in [-0.05, 0) is 42.8 Å². The fourth-order valence-electron chi connectivity index (χ4n) is 6.53. The minimum Gasteiger partial charge on any atom is -0.462 e. The highest BCUT2D eigenvalue weighted by Crippen LogP contribution is 2.38. The number of rotatable bonds is 7. The average Bonchev–Trinajstić information content (AvgIpc) is 3.45. The van der Waals surface area contributed by atoms with E-state index in [-0.39, 0.29) is 30.2 Å². The maximum absolute atomic E-state index is 14.5. The molecule has 9 nitrogen and oxygen atoms in total. The Morgan fingerprint density at radius 2 is 2.07 bits per heavy atom. The lowest BCUT2D eigenvalue weighted by molar-refractivity contribution is -0.131. The number of aromatic nitrogens is 2. The number of ether oxygens (including phenoxy) is 1. The molecule has 44 heavy (non-hydrogen) atoms. The zero-order valence-corrected chi connectivity index (χ0v) is 25.3. The lowest BCUT2D eigenvalue weighted by Gasteiger charge is -2.41. The number of hydrogen-bond acceptors (Lipinski definition) is 7. The van der Waals surface area contributed by atoms with Crippen molar-refractivity contribution in [3.8, 4) is 6.01 Å². The largest absolute Gasteiger partial charge is 0.462 e. The molecule has 3 atom stereocenters. The highest BCUT2D eigenvalue weighted by atomic mass is 35.5. The van der Waals surface area contributed by atoms with Gasteiger partial charge >= 0.3 is 6.01 Å². The predicted octanol–water partition coefficient (Wildman–Crippen LogP) is 4.78. The van der Waals surface area contributed by atoms with Crippen LogP contribution in [0.1, 0.15) is 24.6 Å². The molecular weight excluding hydrogens is 588 g/mol. The van der Waals surface area contributed by atoms with Crippen molar-refractivity contribution in [3.63, 3.8) is 0 Å². The first-order chi connectivity index (χ1) is 21.2. The zero-order valence-electron chi connectivity index (χ0n) is 24.5. The lowest BCUT2D eigenvalue weighted by atomic mass is 10.0. The standard InChI is InChI=1S/C32H34ClF2N7O2/c1-19-13-22(37-14-19)18-44-32-38-26-17-40(27-6-4-5-21-7-8-25(35)29(33)28(21)27)10-9-24(26)30(39-32)41-11-12-42(31(43)20(2)34)23(16-41)15-36-3/h4-8,19,22-23,37H,2,9-18H2,1H3/t19-,22+,23+/m1/s1. The van der Waals surface area contributed by atoms with Gasteiger partial charge in [0, 0.05) is 48.9 Å². The second-order valence-electron chi connectivity index (χ2n) is 11.8. The summed E-state index contributed by atoms with van der Waals surface area (Å²) in [7, 11) is 0. The fourth-order valence-corrected chi connectivity index (χ4v) is 6.80. The van der Waals surface area contributed by atoms with Crippen molar-refractivity contribution in [1.29, 1.82) is 0 Å². The van der Waals surface area contributed by atoms with E-state index in [1.165, 1.54) is 11.0 Å². The molecule has 3 aliphatic rings. The van der Waals surface area contributed by atoms with Crippen LogP contribution in [-0.2, 0) is 17.8 Å². The van der Waals surface area contributed by atoms with Gasteiger partial charge in [-0.25, -0.2) is 15.4 Å². The average molecular weight is 622 g/mol. The van der Waals surface area contributed by atoms with E-state index in [0.717, 1.165) is 35.3 Å². The summed E-state index contributed by atoms with van der Waals surface area (Å²) >= 11 is 6.47. The number of hydrogen-bond donors (Lipinski definition) is 1. The first-order valence-corrected chi connectivity index (χ1v) is 15.2. The molecule has 0 bridgehead atoms. The highest BCUT2D eigenvalue weighted by molar-refractivity contribution is 6.36. The van der Waals surface area contributed by atoms with Gasteiger partial charge in [-0.15, -0.1) is 0 Å². The van der Waals surface area contributed by atoms with E-state index in [4.69, 9.17) is 32.9 Å². The molecule has 230 valence electrons. The summed E-state index contributed by atoms with van der Waals surface area (Å²) < 4.78 is 34.5. The third kappa shape index (κ3) is 5.88. The Hall–Kier alpha value is -4.01. The first-order valence-electron chi connectivity index (χ1n) is 14.8. The molecule has 0 spiro atoms. The van der Waals surface area contributed by atoms with Crippen LogP contribution >= 0.6 is 11.6 Å². The van der Waals surface area contributed by atoms with Crippen molar-refractivity contribution < 1.29 is 18.3 Å². The summed E-state index contributed by atoms with van der Waals surface area (Å²) in [4.78, 5) is 31.3. The molecular formula is C32H34ClF2N7O2. The molecule has 6 rings (SSSR count). The maximum Gasteiger partial charge on any atom is 0.318 e. The van der Waals surface area contributed by atoms with Gasteiger partial charge in [0.1, 0.15) is 24.3 Å². The van der Waals surface area contributed by atoms with Crippen LogP contribution in [0.15, 0.2) is 42.7 Å². The number of nitrogens with one attached hydrogen (secondary N) is 1. The Kier molecular flexibility index (Phi) is 8.56. The Bertz CT molecular complexity index is 1650. The van der Waals surface area contributed by atoms with Gasteiger partial charge in [-0.2, -0.15) is 9.97 Å². The number of amides is 1. The van der Waals surface area contributed by atoms with E-state index in [1.54, 1.807) is 6.07 Å². The number of benzene rings is 2. The Balaban J connectivity index is 1.34. The van der Waals surface area contributed by atoms with Gasteiger partial charge in [-0.3, -0.25) is 4.79 Å². The number of nitrogens with zero attached hydrogens (tertiary/aromatic N) is 6. The Morgan fingerprint density at radius 3 is 2.82 bits per heavy atom. The number of carbonyl (C=O) groups is 1. The summed E-state index contributed by atoms with van der Waals surface area (Å²) in [6, 6.07) is 8.81. The highest BCUT2D eigenvalue weighted by Gasteiger charge is 2.36. The molecule has 0 radical (unpaired) electrons. The van der Waals surface area contributed by atoms with Crippen LogP contribution in [0.4, 0.5) is 20.3 Å². The number of fused-ring (bicyclic) bond motifs is 2. The predicted molar refractivity (Wildman–Crippen MR) is 166 cm³/mol. The molecule has 2 saturated heterocycles. The lowest BCUT2D eigenvalue weighted by Crippen LogP contribution is -2.57. The Morgan fingerprint density at radius 1 is 1.23 bits per heavy atom.